The number of ether oxygens (including phenoxy) is 1. The van der Waals surface area contributed by atoms with Crippen LogP contribution in [-0.2, 0) is 9.53 Å². The molecule has 1 fully saturated rings. The summed E-state index contributed by atoms with van der Waals surface area (Å²) in [5.41, 5.74) is 1.01. The van der Waals surface area contributed by atoms with Crippen LogP contribution in [0.3, 0.4) is 0 Å². The second kappa shape index (κ2) is 9.11. The van der Waals surface area contributed by atoms with E-state index in [1.54, 1.807) is 0 Å². The molecule has 8 heteroatoms. The van der Waals surface area contributed by atoms with E-state index >= 15 is 0 Å². The molecule has 1 amide bonds. The minimum atomic E-state index is -0.620. The van der Waals surface area contributed by atoms with Gasteiger partial charge in [-0.25, -0.2) is 0 Å². The van der Waals surface area contributed by atoms with Crippen LogP contribution in [-0.4, -0.2) is 48.6 Å². The molecule has 27 heavy (non-hydrogen) atoms. The Labute approximate surface area is 156 Å². The van der Waals surface area contributed by atoms with Gasteiger partial charge < -0.3 is 14.5 Å². The number of furan rings is 1. The van der Waals surface area contributed by atoms with Crippen molar-refractivity contribution in [3.05, 3.63) is 70.0 Å². The third kappa shape index (κ3) is 5.50. The average Bonchev–Trinajstić information content (AvgIpc) is 3.17. The number of nitrogens with one attached hydrogen (secondary N) is 1. The molecule has 2 aromatic rings. The molecule has 0 unspecified atom stereocenters. The fourth-order valence-corrected chi connectivity index (χ4v) is 2.87. The van der Waals surface area contributed by atoms with Crippen molar-refractivity contribution < 1.29 is 18.9 Å². The van der Waals surface area contributed by atoms with Crippen molar-refractivity contribution >= 4 is 17.9 Å². The minimum absolute atomic E-state index is 0.174. The molecular weight excluding hydrogens is 350 g/mol. The zero-order chi connectivity index (χ0) is 19.1. The Morgan fingerprint density at radius 3 is 2.63 bits per heavy atom. The molecule has 1 N–H and O–H groups in total. The number of benzene rings is 1. The predicted octanol–water partition coefficient (Wildman–Crippen LogP) is 2.39. The fourth-order valence-electron chi connectivity index (χ4n) is 2.87. The van der Waals surface area contributed by atoms with E-state index in [0.717, 1.165) is 18.7 Å². The number of carbonyl (C=O) groups is 1. The molecule has 0 aliphatic carbocycles. The fraction of sp³-hybridized carbons (Fsp3) is 0.316. The van der Waals surface area contributed by atoms with Crippen LogP contribution in [0.1, 0.15) is 17.4 Å². The maximum atomic E-state index is 12.4. The summed E-state index contributed by atoms with van der Waals surface area (Å²) in [6.07, 6.45) is 2.73. The van der Waals surface area contributed by atoms with Gasteiger partial charge in [0.05, 0.1) is 25.3 Å². The Bertz CT molecular complexity index is 797. The van der Waals surface area contributed by atoms with Gasteiger partial charge in [0.25, 0.3) is 0 Å². The Kier molecular flexibility index (Phi) is 6.35. The molecule has 8 nitrogen and oxygen atoms in total. The number of hydrogen-bond donors (Lipinski definition) is 1. The molecule has 1 saturated heterocycles. The molecule has 0 saturated carbocycles. The van der Waals surface area contributed by atoms with Crippen LogP contribution >= 0.6 is 0 Å². The highest BCUT2D eigenvalue weighted by atomic mass is 16.6. The van der Waals surface area contributed by atoms with Gasteiger partial charge in [-0.3, -0.25) is 19.8 Å². The molecule has 1 aromatic heterocycles. The number of amides is 1. The summed E-state index contributed by atoms with van der Waals surface area (Å²) >= 11 is 0. The van der Waals surface area contributed by atoms with E-state index in [-0.39, 0.29) is 23.6 Å². The van der Waals surface area contributed by atoms with E-state index in [1.165, 1.54) is 24.3 Å². The number of nitrogens with zero attached hydrogens (tertiary/aromatic N) is 2. The zero-order valence-electron chi connectivity index (χ0n) is 14.7. The molecule has 1 aromatic carbocycles. The lowest BCUT2D eigenvalue weighted by Crippen LogP contribution is -2.42. The summed E-state index contributed by atoms with van der Waals surface area (Å²) in [6.45, 7) is 3.70. The first kappa shape index (κ1) is 18.8. The first-order chi connectivity index (χ1) is 13.1. The lowest BCUT2D eigenvalue weighted by molar-refractivity contribution is -0.402. The molecule has 142 valence electrons. The second-order valence-electron chi connectivity index (χ2n) is 6.15. The summed E-state index contributed by atoms with van der Waals surface area (Å²) < 4.78 is 10.4. The summed E-state index contributed by atoms with van der Waals surface area (Å²) in [5.74, 6) is -0.401. The van der Waals surface area contributed by atoms with Crippen LogP contribution in [0.2, 0.25) is 0 Å². The van der Waals surface area contributed by atoms with Gasteiger partial charge in [0, 0.05) is 25.7 Å². The van der Waals surface area contributed by atoms with Gasteiger partial charge in [0.15, 0.2) is 0 Å². The smallest absolute Gasteiger partial charge is 0.401 e. The normalized spacial score (nSPS) is 16.3. The lowest BCUT2D eigenvalue weighted by atomic mass is 10.1. The van der Waals surface area contributed by atoms with E-state index in [0.29, 0.717) is 19.8 Å². The number of rotatable bonds is 7. The number of morpholine rings is 1. The molecule has 1 aliphatic rings. The summed E-state index contributed by atoms with van der Waals surface area (Å²) in [6, 6.07) is 12.3. The molecule has 3 rings (SSSR count). The highest BCUT2D eigenvalue weighted by molar-refractivity contribution is 5.91. The van der Waals surface area contributed by atoms with Gasteiger partial charge in [-0.05, 0) is 17.7 Å². The van der Waals surface area contributed by atoms with Gasteiger partial charge in [-0.15, -0.1) is 0 Å². The van der Waals surface area contributed by atoms with E-state index in [9.17, 15) is 14.9 Å². The van der Waals surface area contributed by atoms with Crippen LogP contribution in [0.15, 0.2) is 53.0 Å². The quantitative estimate of drug-likeness (QED) is 0.456. The molecule has 0 bridgehead atoms. The van der Waals surface area contributed by atoms with Crippen molar-refractivity contribution in [1.29, 1.82) is 0 Å². The summed E-state index contributed by atoms with van der Waals surface area (Å²) in [7, 11) is 0. The monoisotopic (exact) mass is 371 g/mol. The van der Waals surface area contributed by atoms with Crippen molar-refractivity contribution in [1.82, 2.24) is 10.2 Å². The standard InChI is InChI=1S/C19H21N3O5/c23-18(8-6-16-7-9-19(27-16)22(24)25)20-17(15-4-2-1-3-5-15)14-21-10-12-26-13-11-21/h1-9,17H,10-14H2,(H,20,23)/b8-6+/t17-/m1/s1. The SMILES string of the molecule is O=C(/C=C/c1ccc([N+](=O)[O-])o1)N[C@H](CN1CCOCC1)c1ccccc1. The summed E-state index contributed by atoms with van der Waals surface area (Å²) in [4.78, 5) is 24.6. The topological polar surface area (TPSA) is 97.8 Å². The number of hydrogen-bond acceptors (Lipinski definition) is 6. The third-order valence-corrected chi connectivity index (χ3v) is 4.25. The van der Waals surface area contributed by atoms with Crippen LogP contribution < -0.4 is 5.32 Å². The third-order valence-electron chi connectivity index (χ3n) is 4.25. The maximum absolute atomic E-state index is 12.4. The molecule has 1 aliphatic heterocycles. The number of carbonyl (C=O) groups excluding carboxylic acids is 1. The van der Waals surface area contributed by atoms with Gasteiger partial charge >= 0.3 is 5.88 Å². The first-order valence-corrected chi connectivity index (χ1v) is 8.69. The summed E-state index contributed by atoms with van der Waals surface area (Å²) in [5, 5.41) is 13.6. The molecular formula is C19H21N3O5. The van der Waals surface area contributed by atoms with Gasteiger partial charge in [-0.1, -0.05) is 30.3 Å². The van der Waals surface area contributed by atoms with Gasteiger partial charge in [-0.2, -0.15) is 0 Å². The largest absolute Gasteiger partial charge is 0.433 e. The Balaban J connectivity index is 1.65. The Morgan fingerprint density at radius 1 is 1.22 bits per heavy atom. The van der Waals surface area contributed by atoms with Crippen molar-refractivity contribution in [2.75, 3.05) is 32.8 Å². The van der Waals surface area contributed by atoms with Crippen LogP contribution in [0.25, 0.3) is 6.08 Å². The predicted molar refractivity (Wildman–Crippen MR) is 99.0 cm³/mol. The van der Waals surface area contributed by atoms with Crippen LogP contribution in [0, 0.1) is 10.1 Å². The average molecular weight is 371 g/mol. The minimum Gasteiger partial charge on any atom is -0.401 e. The van der Waals surface area contributed by atoms with Crippen LogP contribution in [0.5, 0.6) is 0 Å². The van der Waals surface area contributed by atoms with E-state index in [4.69, 9.17) is 9.15 Å². The van der Waals surface area contributed by atoms with Crippen molar-refractivity contribution in [2.45, 2.75) is 6.04 Å². The molecule has 0 radical (unpaired) electrons. The first-order valence-electron chi connectivity index (χ1n) is 8.69. The molecule has 0 spiro atoms. The Morgan fingerprint density at radius 2 is 1.96 bits per heavy atom. The molecule has 2 heterocycles. The van der Waals surface area contributed by atoms with Gasteiger partial charge in [0.2, 0.25) is 5.91 Å². The number of nitro groups is 1. The van der Waals surface area contributed by atoms with Crippen molar-refractivity contribution in [3.8, 4) is 0 Å². The second-order valence-corrected chi connectivity index (χ2v) is 6.15. The van der Waals surface area contributed by atoms with E-state index < -0.39 is 4.92 Å². The van der Waals surface area contributed by atoms with E-state index in [2.05, 4.69) is 10.2 Å². The van der Waals surface area contributed by atoms with Crippen molar-refractivity contribution in [2.24, 2.45) is 0 Å². The van der Waals surface area contributed by atoms with E-state index in [1.807, 2.05) is 30.3 Å². The molecule has 1 atom stereocenters. The lowest BCUT2D eigenvalue weighted by Gasteiger charge is -2.30. The van der Waals surface area contributed by atoms with Crippen LogP contribution in [0.4, 0.5) is 5.88 Å². The Hall–Kier alpha value is -2.97. The van der Waals surface area contributed by atoms with Gasteiger partial charge in [0.1, 0.15) is 10.7 Å². The highest BCUT2D eigenvalue weighted by Crippen LogP contribution is 2.18. The highest BCUT2D eigenvalue weighted by Gasteiger charge is 2.19. The maximum Gasteiger partial charge on any atom is 0.433 e. The van der Waals surface area contributed by atoms with Crippen molar-refractivity contribution in [3.63, 3.8) is 0 Å². The zero-order valence-corrected chi connectivity index (χ0v) is 14.7.